The van der Waals surface area contributed by atoms with Crippen molar-refractivity contribution in [3.05, 3.63) is 57.6 Å². The summed E-state index contributed by atoms with van der Waals surface area (Å²) in [6, 6.07) is 10.4. The number of carbonyl (C=O) groups is 1. The third kappa shape index (κ3) is 3.69. The Labute approximate surface area is 133 Å². The van der Waals surface area contributed by atoms with Gasteiger partial charge < -0.3 is 9.47 Å². The molecule has 2 aromatic carbocycles. The van der Waals surface area contributed by atoms with Crippen LogP contribution in [0.3, 0.4) is 0 Å². The monoisotopic (exact) mass is 324 g/mol. The van der Waals surface area contributed by atoms with Crippen LogP contribution in [-0.4, -0.2) is 19.5 Å². The fraction of sp³-hybridized carbons (Fsp3) is 0.188. The van der Waals surface area contributed by atoms with Crippen LogP contribution >= 0.6 is 23.2 Å². The van der Waals surface area contributed by atoms with Gasteiger partial charge in [0.05, 0.1) is 17.7 Å². The molecule has 0 bridgehead atoms. The number of carbonyl (C=O) groups excluding carboxylic acids is 1. The second-order valence-electron chi connectivity index (χ2n) is 4.47. The number of halogens is 2. The van der Waals surface area contributed by atoms with Crippen molar-refractivity contribution in [2.24, 2.45) is 0 Å². The van der Waals surface area contributed by atoms with E-state index in [1.54, 1.807) is 30.3 Å². The summed E-state index contributed by atoms with van der Waals surface area (Å²) in [5.41, 5.74) is 1.49. The van der Waals surface area contributed by atoms with E-state index in [0.29, 0.717) is 27.1 Å². The molecule has 5 heteroatoms. The number of aryl methyl sites for hydroxylation is 1. The molecule has 2 aromatic rings. The van der Waals surface area contributed by atoms with Crippen LogP contribution in [0.2, 0.25) is 10.0 Å². The van der Waals surface area contributed by atoms with Crippen molar-refractivity contribution < 1.29 is 14.3 Å². The molecule has 0 aromatic heterocycles. The Bertz CT molecular complexity index is 669. The Balaban J connectivity index is 2.14. The second kappa shape index (κ2) is 6.83. The number of benzene rings is 2. The van der Waals surface area contributed by atoms with E-state index in [-0.39, 0.29) is 12.4 Å². The number of hydrogen-bond acceptors (Lipinski definition) is 3. The summed E-state index contributed by atoms with van der Waals surface area (Å²) in [6.45, 7) is 1.79. The summed E-state index contributed by atoms with van der Waals surface area (Å²) in [5.74, 6) is 0.715. The van der Waals surface area contributed by atoms with Crippen LogP contribution in [0.4, 0.5) is 0 Å². The number of ketones is 1. The quantitative estimate of drug-likeness (QED) is 0.755. The van der Waals surface area contributed by atoms with Gasteiger partial charge in [-0.25, -0.2) is 0 Å². The molecule has 0 spiro atoms. The van der Waals surface area contributed by atoms with E-state index < -0.39 is 0 Å². The Hall–Kier alpha value is -1.71. The van der Waals surface area contributed by atoms with E-state index in [4.69, 9.17) is 32.7 Å². The maximum absolute atomic E-state index is 12.2. The molecule has 21 heavy (non-hydrogen) atoms. The number of rotatable bonds is 5. The first-order valence-corrected chi connectivity index (χ1v) is 7.03. The molecule has 0 fully saturated rings. The molecule has 0 radical (unpaired) electrons. The van der Waals surface area contributed by atoms with Crippen molar-refractivity contribution in [3.63, 3.8) is 0 Å². The molecule has 110 valence electrons. The molecule has 0 aliphatic rings. The molecule has 0 unspecified atom stereocenters. The Morgan fingerprint density at radius 2 is 1.90 bits per heavy atom. The average Bonchev–Trinajstić information content (AvgIpc) is 2.48. The van der Waals surface area contributed by atoms with Gasteiger partial charge in [-0.05, 0) is 36.8 Å². The van der Waals surface area contributed by atoms with E-state index in [0.717, 1.165) is 5.56 Å². The minimum atomic E-state index is -0.192. The van der Waals surface area contributed by atoms with Gasteiger partial charge in [0.25, 0.3) is 0 Å². The summed E-state index contributed by atoms with van der Waals surface area (Å²) in [5, 5.41) is 0.678. The van der Waals surface area contributed by atoms with E-state index in [1.165, 1.54) is 7.11 Å². The fourth-order valence-corrected chi connectivity index (χ4v) is 2.19. The van der Waals surface area contributed by atoms with Crippen molar-refractivity contribution in [2.75, 3.05) is 13.7 Å². The number of Topliss-reactive ketones (excluding diaryl/α,β-unsaturated/α-hetero) is 1. The van der Waals surface area contributed by atoms with Gasteiger partial charge in [-0.3, -0.25) is 4.79 Å². The predicted molar refractivity (Wildman–Crippen MR) is 84.0 cm³/mol. The predicted octanol–water partition coefficient (Wildman–Crippen LogP) is 4.57. The van der Waals surface area contributed by atoms with Crippen LogP contribution in [0.5, 0.6) is 11.5 Å². The van der Waals surface area contributed by atoms with Crippen molar-refractivity contribution in [3.8, 4) is 11.5 Å². The Morgan fingerprint density at radius 1 is 1.14 bits per heavy atom. The van der Waals surface area contributed by atoms with E-state index in [1.807, 2.05) is 13.0 Å². The lowest BCUT2D eigenvalue weighted by Gasteiger charge is -2.11. The first kappa shape index (κ1) is 15.7. The lowest BCUT2D eigenvalue weighted by molar-refractivity contribution is 0.0918. The summed E-state index contributed by atoms with van der Waals surface area (Å²) in [7, 11) is 1.53. The first-order chi connectivity index (χ1) is 10.0. The molecule has 3 nitrogen and oxygen atoms in total. The highest BCUT2D eigenvalue weighted by atomic mass is 35.5. The molecular formula is C16H14Cl2O3. The molecule has 2 rings (SSSR count). The van der Waals surface area contributed by atoms with Crippen molar-refractivity contribution >= 4 is 29.0 Å². The largest absolute Gasteiger partial charge is 0.496 e. The van der Waals surface area contributed by atoms with E-state index >= 15 is 0 Å². The third-order valence-corrected chi connectivity index (χ3v) is 3.73. The Kier molecular flexibility index (Phi) is 5.10. The molecule has 0 saturated heterocycles. The van der Waals surface area contributed by atoms with E-state index in [9.17, 15) is 4.79 Å². The highest BCUT2D eigenvalue weighted by Crippen LogP contribution is 2.31. The van der Waals surface area contributed by atoms with Gasteiger partial charge in [-0.1, -0.05) is 35.3 Å². The van der Waals surface area contributed by atoms with Gasteiger partial charge in [-0.15, -0.1) is 0 Å². The third-order valence-electron chi connectivity index (χ3n) is 2.93. The zero-order valence-electron chi connectivity index (χ0n) is 11.7. The van der Waals surface area contributed by atoms with Crippen LogP contribution in [0, 0.1) is 6.92 Å². The highest BCUT2D eigenvalue weighted by molar-refractivity contribution is 6.42. The number of hydrogen-bond donors (Lipinski definition) is 0. The van der Waals surface area contributed by atoms with Gasteiger partial charge in [0.2, 0.25) is 5.78 Å². The standard InChI is InChI=1S/C16H14Cl2O3/c1-10-6-7-11(15(8-10)20-2)13(19)9-21-14-5-3-4-12(17)16(14)18/h3-8H,9H2,1-2H3. The van der Waals surface area contributed by atoms with Crippen molar-refractivity contribution in [2.45, 2.75) is 6.92 Å². The number of ether oxygens (including phenoxy) is 2. The Morgan fingerprint density at radius 3 is 2.62 bits per heavy atom. The zero-order chi connectivity index (χ0) is 15.4. The van der Waals surface area contributed by atoms with Crippen molar-refractivity contribution in [1.82, 2.24) is 0 Å². The van der Waals surface area contributed by atoms with Gasteiger partial charge in [0.15, 0.2) is 6.61 Å². The van der Waals surface area contributed by atoms with E-state index in [2.05, 4.69) is 0 Å². The topological polar surface area (TPSA) is 35.5 Å². The fourth-order valence-electron chi connectivity index (χ4n) is 1.85. The first-order valence-electron chi connectivity index (χ1n) is 6.27. The molecule has 0 aliphatic carbocycles. The van der Waals surface area contributed by atoms with Gasteiger partial charge in [0, 0.05) is 0 Å². The maximum Gasteiger partial charge on any atom is 0.203 e. The highest BCUT2D eigenvalue weighted by Gasteiger charge is 2.14. The van der Waals surface area contributed by atoms with Crippen LogP contribution in [0.15, 0.2) is 36.4 Å². The summed E-state index contributed by atoms with van der Waals surface area (Å²) < 4.78 is 10.7. The number of methoxy groups -OCH3 is 1. The molecule has 0 atom stereocenters. The summed E-state index contributed by atoms with van der Waals surface area (Å²) in [4.78, 5) is 12.2. The molecular weight excluding hydrogens is 311 g/mol. The zero-order valence-corrected chi connectivity index (χ0v) is 13.2. The minimum Gasteiger partial charge on any atom is -0.496 e. The molecule has 0 N–H and O–H groups in total. The molecule has 0 heterocycles. The SMILES string of the molecule is COc1cc(C)ccc1C(=O)COc1cccc(Cl)c1Cl. The normalized spacial score (nSPS) is 10.3. The summed E-state index contributed by atoms with van der Waals surface area (Å²) >= 11 is 11.9. The lowest BCUT2D eigenvalue weighted by atomic mass is 10.1. The van der Waals surface area contributed by atoms with Crippen LogP contribution in [0.1, 0.15) is 15.9 Å². The molecule has 0 aliphatic heterocycles. The maximum atomic E-state index is 12.2. The lowest BCUT2D eigenvalue weighted by Crippen LogP contribution is -2.13. The van der Waals surface area contributed by atoms with Crippen LogP contribution < -0.4 is 9.47 Å². The molecule has 0 saturated carbocycles. The summed E-state index contributed by atoms with van der Waals surface area (Å²) in [6.07, 6.45) is 0. The minimum absolute atomic E-state index is 0.139. The van der Waals surface area contributed by atoms with Crippen LogP contribution in [-0.2, 0) is 0 Å². The average molecular weight is 325 g/mol. The van der Waals surface area contributed by atoms with Gasteiger partial charge in [0.1, 0.15) is 16.5 Å². The van der Waals surface area contributed by atoms with Crippen LogP contribution in [0.25, 0.3) is 0 Å². The van der Waals surface area contributed by atoms with Crippen molar-refractivity contribution in [1.29, 1.82) is 0 Å². The second-order valence-corrected chi connectivity index (χ2v) is 5.25. The van der Waals surface area contributed by atoms with Gasteiger partial charge in [-0.2, -0.15) is 0 Å². The molecule has 0 amide bonds. The smallest absolute Gasteiger partial charge is 0.203 e. The van der Waals surface area contributed by atoms with Gasteiger partial charge >= 0.3 is 0 Å².